The van der Waals surface area contributed by atoms with E-state index in [0.29, 0.717) is 5.75 Å². The second kappa shape index (κ2) is 6.02. The number of aliphatic hydroxyl groups excluding tert-OH is 1. The Labute approximate surface area is 112 Å². The van der Waals surface area contributed by atoms with Gasteiger partial charge in [0.1, 0.15) is 11.9 Å². The molecule has 1 aliphatic rings. The smallest absolute Gasteiger partial charge is 0.273 e. The molecule has 0 bridgehead atoms. The van der Waals surface area contributed by atoms with Crippen LogP contribution < -0.4 is 4.74 Å². The van der Waals surface area contributed by atoms with Crippen LogP contribution in [-0.2, 0) is 0 Å². The predicted molar refractivity (Wildman–Crippen MR) is 71.3 cm³/mol. The zero-order chi connectivity index (χ0) is 13.8. The number of rotatable bonds is 3. The Morgan fingerprint density at radius 3 is 2.79 bits per heavy atom. The minimum Gasteiger partial charge on any atom is -0.487 e. The lowest BCUT2D eigenvalue weighted by molar-refractivity contribution is -0.385. The van der Waals surface area contributed by atoms with Crippen LogP contribution in [0, 0.1) is 17.0 Å². The van der Waals surface area contributed by atoms with E-state index in [1.807, 2.05) is 6.92 Å². The van der Waals surface area contributed by atoms with Crippen LogP contribution in [0.3, 0.4) is 0 Å². The lowest BCUT2D eigenvalue weighted by Crippen LogP contribution is -2.30. The van der Waals surface area contributed by atoms with E-state index in [2.05, 4.69) is 0 Å². The van der Waals surface area contributed by atoms with Gasteiger partial charge in [-0.05, 0) is 37.8 Å². The SMILES string of the molecule is Cc1ccc([N+](=O)[O-])cc1OC1CCCCCC1O. The molecule has 1 aromatic rings. The van der Waals surface area contributed by atoms with E-state index in [1.54, 1.807) is 6.07 Å². The molecule has 0 aliphatic heterocycles. The van der Waals surface area contributed by atoms with Gasteiger partial charge in [-0.3, -0.25) is 10.1 Å². The summed E-state index contributed by atoms with van der Waals surface area (Å²) in [5, 5.41) is 20.8. The first-order chi connectivity index (χ1) is 9.08. The highest BCUT2D eigenvalue weighted by atomic mass is 16.6. The number of hydrogen-bond donors (Lipinski definition) is 1. The number of nitrogens with zero attached hydrogens (tertiary/aromatic N) is 1. The average Bonchev–Trinajstić information content (AvgIpc) is 2.57. The fourth-order valence-corrected chi connectivity index (χ4v) is 2.38. The van der Waals surface area contributed by atoms with Gasteiger partial charge in [-0.2, -0.15) is 0 Å². The summed E-state index contributed by atoms with van der Waals surface area (Å²) in [6.45, 7) is 1.85. The molecule has 5 heteroatoms. The van der Waals surface area contributed by atoms with Crippen molar-refractivity contribution in [3.63, 3.8) is 0 Å². The average molecular weight is 265 g/mol. The Morgan fingerprint density at radius 1 is 1.32 bits per heavy atom. The van der Waals surface area contributed by atoms with Crippen molar-refractivity contribution in [1.29, 1.82) is 0 Å². The van der Waals surface area contributed by atoms with Crippen LogP contribution in [0.5, 0.6) is 5.75 Å². The number of nitro groups is 1. The molecule has 104 valence electrons. The minimum atomic E-state index is -0.485. The van der Waals surface area contributed by atoms with Crippen molar-refractivity contribution in [1.82, 2.24) is 0 Å². The van der Waals surface area contributed by atoms with Crippen molar-refractivity contribution in [2.75, 3.05) is 0 Å². The van der Waals surface area contributed by atoms with Gasteiger partial charge in [0.25, 0.3) is 5.69 Å². The molecule has 0 amide bonds. The molecule has 1 saturated carbocycles. The number of benzene rings is 1. The molecule has 1 fully saturated rings. The fourth-order valence-electron chi connectivity index (χ4n) is 2.38. The maximum atomic E-state index is 10.8. The van der Waals surface area contributed by atoms with Crippen LogP contribution >= 0.6 is 0 Å². The van der Waals surface area contributed by atoms with Gasteiger partial charge in [-0.15, -0.1) is 0 Å². The van der Waals surface area contributed by atoms with E-state index in [4.69, 9.17) is 4.74 Å². The zero-order valence-corrected chi connectivity index (χ0v) is 11.0. The molecule has 2 rings (SSSR count). The van der Waals surface area contributed by atoms with Crippen molar-refractivity contribution < 1.29 is 14.8 Å². The molecule has 19 heavy (non-hydrogen) atoms. The molecule has 0 aromatic heterocycles. The number of aryl methyl sites for hydroxylation is 1. The Morgan fingerprint density at radius 2 is 2.05 bits per heavy atom. The first kappa shape index (κ1) is 13.8. The predicted octanol–water partition coefficient (Wildman–Crippen LogP) is 2.98. The van der Waals surface area contributed by atoms with Gasteiger partial charge < -0.3 is 9.84 Å². The number of hydrogen-bond acceptors (Lipinski definition) is 4. The molecular formula is C14H19NO4. The molecule has 2 unspecified atom stereocenters. The quantitative estimate of drug-likeness (QED) is 0.518. The van der Waals surface area contributed by atoms with Crippen LogP contribution in [0.25, 0.3) is 0 Å². The van der Waals surface area contributed by atoms with E-state index in [9.17, 15) is 15.2 Å². The third kappa shape index (κ3) is 3.44. The van der Waals surface area contributed by atoms with E-state index < -0.39 is 11.0 Å². The Hall–Kier alpha value is -1.62. The molecule has 0 radical (unpaired) electrons. The number of nitro benzene ring substituents is 1. The highest BCUT2D eigenvalue weighted by Gasteiger charge is 2.24. The van der Waals surface area contributed by atoms with Crippen LogP contribution in [0.2, 0.25) is 0 Å². The lowest BCUT2D eigenvalue weighted by atomic mass is 10.1. The van der Waals surface area contributed by atoms with Gasteiger partial charge in [0.15, 0.2) is 0 Å². The molecule has 1 aliphatic carbocycles. The molecule has 5 nitrogen and oxygen atoms in total. The zero-order valence-electron chi connectivity index (χ0n) is 11.0. The van der Waals surface area contributed by atoms with Crippen molar-refractivity contribution in [2.45, 2.75) is 51.2 Å². The summed E-state index contributed by atoms with van der Waals surface area (Å²) in [6, 6.07) is 4.58. The third-order valence-corrected chi connectivity index (χ3v) is 3.58. The largest absolute Gasteiger partial charge is 0.487 e. The van der Waals surface area contributed by atoms with Gasteiger partial charge in [0.2, 0.25) is 0 Å². The Balaban J connectivity index is 2.16. The second-order valence-electron chi connectivity index (χ2n) is 5.07. The van der Waals surface area contributed by atoms with Gasteiger partial charge >= 0.3 is 0 Å². The molecule has 0 spiro atoms. The van der Waals surface area contributed by atoms with E-state index >= 15 is 0 Å². The molecule has 2 atom stereocenters. The topological polar surface area (TPSA) is 72.6 Å². The van der Waals surface area contributed by atoms with E-state index in [0.717, 1.165) is 37.7 Å². The monoisotopic (exact) mass is 265 g/mol. The maximum Gasteiger partial charge on any atom is 0.273 e. The molecule has 1 aromatic carbocycles. The highest BCUT2D eigenvalue weighted by Crippen LogP contribution is 2.28. The van der Waals surface area contributed by atoms with Crippen LogP contribution in [0.1, 0.15) is 37.7 Å². The summed E-state index contributed by atoms with van der Waals surface area (Å²) in [7, 11) is 0. The van der Waals surface area contributed by atoms with Crippen molar-refractivity contribution >= 4 is 5.69 Å². The maximum absolute atomic E-state index is 10.8. The normalized spacial score (nSPS) is 23.7. The summed E-state index contributed by atoms with van der Waals surface area (Å²) in [5.41, 5.74) is 0.866. The summed E-state index contributed by atoms with van der Waals surface area (Å²) < 4.78 is 5.81. The van der Waals surface area contributed by atoms with Crippen molar-refractivity contribution in [3.8, 4) is 5.75 Å². The van der Waals surface area contributed by atoms with Crippen molar-refractivity contribution in [2.24, 2.45) is 0 Å². The van der Waals surface area contributed by atoms with Gasteiger partial charge in [-0.25, -0.2) is 0 Å². The van der Waals surface area contributed by atoms with Crippen LogP contribution in [0.15, 0.2) is 18.2 Å². The first-order valence-corrected chi connectivity index (χ1v) is 6.67. The summed E-state index contributed by atoms with van der Waals surface area (Å²) in [4.78, 5) is 10.3. The number of aliphatic hydroxyl groups is 1. The third-order valence-electron chi connectivity index (χ3n) is 3.58. The first-order valence-electron chi connectivity index (χ1n) is 6.67. The van der Waals surface area contributed by atoms with Gasteiger partial charge in [-0.1, -0.05) is 12.8 Å². The Bertz CT molecular complexity index is 461. The summed E-state index contributed by atoms with van der Waals surface area (Å²) >= 11 is 0. The van der Waals surface area contributed by atoms with E-state index in [-0.39, 0.29) is 11.8 Å². The summed E-state index contributed by atoms with van der Waals surface area (Å²) in [5.74, 6) is 0.500. The van der Waals surface area contributed by atoms with Gasteiger partial charge in [0, 0.05) is 6.07 Å². The molecule has 0 saturated heterocycles. The van der Waals surface area contributed by atoms with E-state index in [1.165, 1.54) is 12.1 Å². The lowest BCUT2D eigenvalue weighted by Gasteiger charge is -2.22. The number of ether oxygens (including phenoxy) is 1. The molecule has 1 N–H and O–H groups in total. The molecule has 0 heterocycles. The highest BCUT2D eigenvalue weighted by molar-refractivity contribution is 5.43. The number of non-ortho nitro benzene ring substituents is 1. The Kier molecular flexibility index (Phi) is 4.37. The summed E-state index contributed by atoms with van der Waals surface area (Å²) in [6.07, 6.45) is 3.92. The minimum absolute atomic E-state index is 0.0173. The van der Waals surface area contributed by atoms with Crippen LogP contribution in [0.4, 0.5) is 5.69 Å². The van der Waals surface area contributed by atoms with Crippen LogP contribution in [-0.4, -0.2) is 22.2 Å². The molecular weight excluding hydrogens is 246 g/mol. The second-order valence-corrected chi connectivity index (χ2v) is 5.07. The standard InChI is InChI=1S/C14H19NO4/c1-10-7-8-11(15(17)18)9-14(10)19-13-6-4-2-3-5-12(13)16/h7-9,12-13,16H,2-6H2,1H3. The fraction of sp³-hybridized carbons (Fsp3) is 0.571. The van der Waals surface area contributed by atoms with Gasteiger partial charge in [0.05, 0.1) is 17.1 Å². The van der Waals surface area contributed by atoms with Crippen molar-refractivity contribution in [3.05, 3.63) is 33.9 Å².